The van der Waals surface area contributed by atoms with Gasteiger partial charge in [0.05, 0.1) is 0 Å². The molecule has 0 radical (unpaired) electrons. The van der Waals surface area contributed by atoms with E-state index in [2.05, 4.69) is 18.7 Å². The molecule has 0 aromatic heterocycles. The smallest absolute Gasteiger partial charge is 0.119 e. The predicted molar refractivity (Wildman–Crippen MR) is 66.8 cm³/mol. The number of hydrogen-bond donors (Lipinski definition) is 0. The molecule has 0 aliphatic carbocycles. The minimum absolute atomic E-state index is 0.271. The number of nitrogens with zero attached hydrogens (tertiary/aromatic N) is 1. The fourth-order valence-electron chi connectivity index (χ4n) is 2.32. The van der Waals surface area contributed by atoms with E-state index in [1.54, 1.807) is 0 Å². The Morgan fingerprint density at radius 3 is 2.75 bits per heavy atom. The molecule has 1 heterocycles. The van der Waals surface area contributed by atoms with Crippen LogP contribution in [0.3, 0.4) is 0 Å². The third-order valence-electron chi connectivity index (χ3n) is 3.10. The molecular formula is C14H21NO. The van der Waals surface area contributed by atoms with Crippen molar-refractivity contribution in [3.8, 4) is 5.75 Å². The van der Waals surface area contributed by atoms with Crippen LogP contribution in [0.15, 0.2) is 30.3 Å². The molecule has 2 atom stereocenters. The molecule has 0 bridgehead atoms. The van der Waals surface area contributed by atoms with Gasteiger partial charge in [0.2, 0.25) is 0 Å². The van der Waals surface area contributed by atoms with Gasteiger partial charge in [0.15, 0.2) is 0 Å². The zero-order valence-corrected chi connectivity index (χ0v) is 10.2. The van der Waals surface area contributed by atoms with Gasteiger partial charge in [0.25, 0.3) is 0 Å². The van der Waals surface area contributed by atoms with Crippen molar-refractivity contribution in [2.24, 2.45) is 5.92 Å². The second kappa shape index (κ2) is 5.35. The molecule has 1 aromatic carbocycles. The molecule has 1 aliphatic rings. The Hall–Kier alpha value is -1.02. The van der Waals surface area contributed by atoms with Crippen molar-refractivity contribution in [2.75, 3.05) is 19.6 Å². The summed E-state index contributed by atoms with van der Waals surface area (Å²) in [5, 5.41) is 0. The summed E-state index contributed by atoms with van der Waals surface area (Å²) < 4.78 is 5.87. The highest BCUT2D eigenvalue weighted by atomic mass is 16.5. The number of rotatable bonds is 4. The van der Waals surface area contributed by atoms with E-state index in [9.17, 15) is 0 Å². The molecule has 0 unspecified atom stereocenters. The summed E-state index contributed by atoms with van der Waals surface area (Å²) in [6.07, 6.45) is 1.60. The van der Waals surface area contributed by atoms with Gasteiger partial charge in [-0.1, -0.05) is 25.1 Å². The fraction of sp³-hybridized carbons (Fsp3) is 0.571. The van der Waals surface area contributed by atoms with Crippen LogP contribution in [0.1, 0.15) is 20.3 Å². The number of benzene rings is 1. The summed E-state index contributed by atoms with van der Waals surface area (Å²) in [6, 6.07) is 10.1. The maximum Gasteiger partial charge on any atom is 0.119 e. The van der Waals surface area contributed by atoms with E-state index in [0.717, 1.165) is 18.2 Å². The molecule has 1 saturated heterocycles. The van der Waals surface area contributed by atoms with E-state index in [-0.39, 0.29) is 6.10 Å². The third kappa shape index (κ3) is 3.24. The SMILES string of the molecule is C[C@@H]1CCN(C[C@@H](C)Oc2ccccc2)C1. The Morgan fingerprint density at radius 2 is 2.12 bits per heavy atom. The summed E-state index contributed by atoms with van der Waals surface area (Å²) in [7, 11) is 0. The molecule has 16 heavy (non-hydrogen) atoms. The Balaban J connectivity index is 1.78. The van der Waals surface area contributed by atoms with Crippen LogP contribution in [0.25, 0.3) is 0 Å². The molecule has 2 nitrogen and oxygen atoms in total. The Labute approximate surface area is 98.2 Å². The van der Waals surface area contributed by atoms with Crippen molar-refractivity contribution in [1.29, 1.82) is 0 Å². The van der Waals surface area contributed by atoms with Crippen molar-refractivity contribution in [1.82, 2.24) is 4.90 Å². The fourth-order valence-corrected chi connectivity index (χ4v) is 2.32. The Bertz CT molecular complexity index is 312. The monoisotopic (exact) mass is 219 g/mol. The molecule has 0 spiro atoms. The van der Waals surface area contributed by atoms with Crippen LogP contribution in [0.4, 0.5) is 0 Å². The summed E-state index contributed by atoms with van der Waals surface area (Å²) in [6.45, 7) is 7.96. The molecule has 0 amide bonds. The second-order valence-corrected chi connectivity index (χ2v) is 4.89. The zero-order valence-electron chi connectivity index (χ0n) is 10.2. The van der Waals surface area contributed by atoms with Crippen molar-refractivity contribution < 1.29 is 4.74 Å². The normalized spacial score (nSPS) is 23.2. The molecule has 88 valence electrons. The van der Waals surface area contributed by atoms with E-state index < -0.39 is 0 Å². The minimum atomic E-state index is 0.271. The molecule has 2 rings (SSSR count). The first kappa shape index (κ1) is 11.5. The molecule has 1 aromatic rings. The molecule has 1 aliphatic heterocycles. The quantitative estimate of drug-likeness (QED) is 0.772. The number of ether oxygens (including phenoxy) is 1. The van der Waals surface area contributed by atoms with E-state index in [1.165, 1.54) is 19.5 Å². The highest BCUT2D eigenvalue weighted by molar-refractivity contribution is 5.21. The lowest BCUT2D eigenvalue weighted by Gasteiger charge is -2.21. The topological polar surface area (TPSA) is 12.5 Å². The van der Waals surface area contributed by atoms with E-state index in [0.29, 0.717) is 0 Å². The first-order chi connectivity index (χ1) is 7.74. The Kier molecular flexibility index (Phi) is 3.83. The van der Waals surface area contributed by atoms with Crippen LogP contribution in [-0.2, 0) is 0 Å². The van der Waals surface area contributed by atoms with Crippen LogP contribution >= 0.6 is 0 Å². The molecule has 2 heteroatoms. The molecule has 0 N–H and O–H groups in total. The van der Waals surface area contributed by atoms with Gasteiger partial charge < -0.3 is 4.74 Å². The first-order valence-electron chi connectivity index (χ1n) is 6.18. The summed E-state index contributed by atoms with van der Waals surface area (Å²) in [4.78, 5) is 2.50. The highest BCUT2D eigenvalue weighted by Crippen LogP contribution is 2.17. The third-order valence-corrected chi connectivity index (χ3v) is 3.10. The van der Waals surface area contributed by atoms with Crippen molar-refractivity contribution in [2.45, 2.75) is 26.4 Å². The van der Waals surface area contributed by atoms with Crippen LogP contribution < -0.4 is 4.74 Å². The average Bonchev–Trinajstić information content (AvgIpc) is 2.65. The van der Waals surface area contributed by atoms with Gasteiger partial charge in [-0.3, -0.25) is 4.90 Å². The molecule has 1 fully saturated rings. The number of likely N-dealkylation sites (tertiary alicyclic amines) is 1. The van der Waals surface area contributed by atoms with E-state index >= 15 is 0 Å². The number of para-hydroxylation sites is 1. The lowest BCUT2D eigenvalue weighted by molar-refractivity contribution is 0.160. The predicted octanol–water partition coefficient (Wildman–Crippen LogP) is 2.80. The molecular weight excluding hydrogens is 198 g/mol. The van der Waals surface area contributed by atoms with Gasteiger partial charge in [-0.25, -0.2) is 0 Å². The maximum absolute atomic E-state index is 5.87. The van der Waals surface area contributed by atoms with E-state index in [1.807, 2.05) is 30.3 Å². The second-order valence-electron chi connectivity index (χ2n) is 4.89. The standard InChI is InChI=1S/C14H21NO/c1-12-8-9-15(10-12)11-13(2)16-14-6-4-3-5-7-14/h3-7,12-13H,8-11H2,1-2H3/t12-,13-/m1/s1. The largest absolute Gasteiger partial charge is 0.489 e. The summed E-state index contributed by atoms with van der Waals surface area (Å²) in [5.74, 6) is 1.83. The van der Waals surface area contributed by atoms with Gasteiger partial charge in [0, 0.05) is 13.1 Å². The van der Waals surface area contributed by atoms with E-state index in [4.69, 9.17) is 4.74 Å². The summed E-state index contributed by atoms with van der Waals surface area (Å²) in [5.41, 5.74) is 0. The van der Waals surface area contributed by atoms with Gasteiger partial charge in [-0.2, -0.15) is 0 Å². The van der Waals surface area contributed by atoms with Gasteiger partial charge in [0.1, 0.15) is 11.9 Å². The molecule has 0 saturated carbocycles. The van der Waals surface area contributed by atoms with Crippen LogP contribution in [-0.4, -0.2) is 30.6 Å². The summed E-state index contributed by atoms with van der Waals surface area (Å²) >= 11 is 0. The first-order valence-corrected chi connectivity index (χ1v) is 6.18. The van der Waals surface area contributed by atoms with Crippen molar-refractivity contribution >= 4 is 0 Å². The van der Waals surface area contributed by atoms with Crippen molar-refractivity contribution in [3.05, 3.63) is 30.3 Å². The maximum atomic E-state index is 5.87. The highest BCUT2D eigenvalue weighted by Gasteiger charge is 2.20. The lowest BCUT2D eigenvalue weighted by atomic mass is 10.2. The number of hydrogen-bond acceptors (Lipinski definition) is 2. The van der Waals surface area contributed by atoms with Gasteiger partial charge in [-0.05, 0) is 37.9 Å². The van der Waals surface area contributed by atoms with Crippen LogP contribution in [0, 0.1) is 5.92 Å². The Morgan fingerprint density at radius 1 is 1.38 bits per heavy atom. The van der Waals surface area contributed by atoms with Crippen molar-refractivity contribution in [3.63, 3.8) is 0 Å². The van der Waals surface area contributed by atoms with Gasteiger partial charge in [-0.15, -0.1) is 0 Å². The average molecular weight is 219 g/mol. The lowest BCUT2D eigenvalue weighted by Crippen LogP contribution is -2.32. The van der Waals surface area contributed by atoms with Crippen LogP contribution in [0.5, 0.6) is 5.75 Å². The zero-order chi connectivity index (χ0) is 11.4. The minimum Gasteiger partial charge on any atom is -0.489 e. The van der Waals surface area contributed by atoms with Crippen LogP contribution in [0.2, 0.25) is 0 Å². The van der Waals surface area contributed by atoms with Gasteiger partial charge >= 0.3 is 0 Å².